The van der Waals surface area contributed by atoms with Gasteiger partial charge in [-0.2, -0.15) is 18.3 Å². The van der Waals surface area contributed by atoms with E-state index in [4.69, 9.17) is 9.47 Å². The van der Waals surface area contributed by atoms with E-state index in [1.165, 1.54) is 43.7 Å². The van der Waals surface area contributed by atoms with Gasteiger partial charge >= 0.3 is 6.18 Å². The van der Waals surface area contributed by atoms with Gasteiger partial charge in [-0.3, -0.25) is 9.10 Å². The number of hydrogen-bond acceptors (Lipinski definition) is 6. The molecule has 38 heavy (non-hydrogen) atoms. The summed E-state index contributed by atoms with van der Waals surface area (Å²) in [6.45, 7) is 3.02. The molecule has 8 nitrogen and oxygen atoms in total. The van der Waals surface area contributed by atoms with E-state index in [1.54, 1.807) is 30.3 Å². The Morgan fingerprint density at radius 1 is 1.05 bits per heavy atom. The number of amides is 1. The predicted molar refractivity (Wildman–Crippen MR) is 137 cm³/mol. The molecule has 1 amide bonds. The minimum atomic E-state index is -4.71. The van der Waals surface area contributed by atoms with Gasteiger partial charge in [0.15, 0.2) is 11.5 Å². The Hall–Kier alpha value is -4.32. The highest BCUT2D eigenvalue weighted by atomic mass is 32.2. The number of halogens is 3. The molecule has 0 atom stereocenters. The summed E-state index contributed by atoms with van der Waals surface area (Å²) in [7, 11) is -2.94. The lowest BCUT2D eigenvalue weighted by atomic mass is 10.2. The average molecular weight is 548 g/mol. The lowest BCUT2D eigenvalue weighted by molar-refractivity contribution is -0.137. The predicted octanol–water partition coefficient (Wildman–Crippen LogP) is 4.62. The minimum Gasteiger partial charge on any atom is -0.493 e. The van der Waals surface area contributed by atoms with Crippen LogP contribution in [0.2, 0.25) is 0 Å². The molecule has 0 spiro atoms. The van der Waals surface area contributed by atoms with Crippen molar-refractivity contribution in [2.45, 2.75) is 11.1 Å². The number of methoxy groups -OCH3 is 1. The first kappa shape index (κ1) is 28.3. The van der Waals surface area contributed by atoms with Crippen molar-refractivity contribution in [1.82, 2.24) is 5.43 Å². The van der Waals surface area contributed by atoms with Crippen LogP contribution in [0.1, 0.15) is 11.1 Å². The summed E-state index contributed by atoms with van der Waals surface area (Å²) in [5.74, 6) is -0.000643. The maximum Gasteiger partial charge on any atom is 0.416 e. The number of nitrogens with one attached hydrogen (secondary N) is 1. The van der Waals surface area contributed by atoms with Gasteiger partial charge in [0, 0.05) is 0 Å². The fourth-order valence-electron chi connectivity index (χ4n) is 3.25. The van der Waals surface area contributed by atoms with Crippen molar-refractivity contribution < 1.29 is 35.9 Å². The molecule has 0 heterocycles. The zero-order valence-corrected chi connectivity index (χ0v) is 21.0. The number of hydrazone groups is 1. The first-order valence-corrected chi connectivity index (χ1v) is 12.5. The number of nitrogens with zero attached hydrogens (tertiary/aromatic N) is 2. The number of hydrogen-bond donors (Lipinski definition) is 1. The molecule has 3 aromatic carbocycles. The van der Waals surface area contributed by atoms with Crippen LogP contribution in [-0.2, 0) is 21.0 Å². The number of carbonyl (C=O) groups excluding carboxylic acids is 1. The van der Waals surface area contributed by atoms with Crippen LogP contribution in [0.15, 0.2) is 95.4 Å². The van der Waals surface area contributed by atoms with E-state index in [1.807, 2.05) is 0 Å². The molecule has 0 saturated carbocycles. The van der Waals surface area contributed by atoms with Crippen molar-refractivity contribution in [2.75, 3.05) is 24.6 Å². The molecule has 0 saturated heterocycles. The maximum atomic E-state index is 13.3. The second-order valence-corrected chi connectivity index (χ2v) is 9.54. The van der Waals surface area contributed by atoms with Gasteiger partial charge < -0.3 is 9.47 Å². The van der Waals surface area contributed by atoms with Crippen molar-refractivity contribution >= 4 is 27.8 Å². The van der Waals surface area contributed by atoms with Gasteiger partial charge in [0.25, 0.3) is 15.9 Å². The first-order chi connectivity index (χ1) is 18.1. The molecular formula is C26H24F3N3O5S. The summed E-state index contributed by atoms with van der Waals surface area (Å²) in [6.07, 6.45) is -1.85. The molecule has 12 heteroatoms. The molecular weight excluding hydrogens is 523 g/mol. The zero-order chi connectivity index (χ0) is 27.8. The molecule has 3 aromatic rings. The highest BCUT2D eigenvalue weighted by Crippen LogP contribution is 2.33. The molecule has 0 aliphatic rings. The van der Waals surface area contributed by atoms with E-state index < -0.39 is 34.2 Å². The highest BCUT2D eigenvalue weighted by Gasteiger charge is 2.33. The lowest BCUT2D eigenvalue weighted by Gasteiger charge is -2.24. The average Bonchev–Trinajstić information content (AvgIpc) is 2.90. The topological polar surface area (TPSA) is 97.3 Å². The van der Waals surface area contributed by atoms with E-state index in [9.17, 15) is 26.4 Å². The number of benzene rings is 3. The Morgan fingerprint density at radius 3 is 2.45 bits per heavy atom. The van der Waals surface area contributed by atoms with Gasteiger partial charge in [0.1, 0.15) is 13.2 Å². The number of anilines is 1. The minimum absolute atomic E-state index is 0.195. The Morgan fingerprint density at radius 2 is 1.79 bits per heavy atom. The Labute approximate surface area is 218 Å². The van der Waals surface area contributed by atoms with Crippen LogP contribution in [0.3, 0.4) is 0 Å². The third-order valence-electron chi connectivity index (χ3n) is 5.03. The largest absolute Gasteiger partial charge is 0.493 e. The monoisotopic (exact) mass is 547 g/mol. The van der Waals surface area contributed by atoms with Crippen LogP contribution < -0.4 is 19.2 Å². The number of carbonyl (C=O) groups is 1. The maximum absolute atomic E-state index is 13.3. The van der Waals surface area contributed by atoms with Crippen molar-refractivity contribution in [3.05, 3.63) is 96.6 Å². The lowest BCUT2D eigenvalue weighted by Crippen LogP contribution is -2.39. The second-order valence-electron chi connectivity index (χ2n) is 7.68. The van der Waals surface area contributed by atoms with Crippen molar-refractivity contribution in [1.29, 1.82) is 0 Å². The SMILES string of the molecule is C=CCOc1ccc(/C=N\NC(=O)CN(c2cccc(C(F)(F)F)c2)S(=O)(=O)c2ccccc2)cc1OC. The van der Waals surface area contributed by atoms with Crippen LogP contribution in [0, 0.1) is 0 Å². The summed E-state index contributed by atoms with van der Waals surface area (Å²) >= 11 is 0. The Bertz CT molecular complexity index is 1410. The number of ether oxygens (including phenoxy) is 2. The van der Waals surface area contributed by atoms with Crippen molar-refractivity contribution in [2.24, 2.45) is 5.10 Å². The molecule has 0 bridgehead atoms. The summed E-state index contributed by atoms with van der Waals surface area (Å²) in [5.41, 5.74) is 1.34. The van der Waals surface area contributed by atoms with E-state index in [-0.39, 0.29) is 17.2 Å². The van der Waals surface area contributed by atoms with Crippen LogP contribution in [0.5, 0.6) is 11.5 Å². The molecule has 0 radical (unpaired) electrons. The third-order valence-corrected chi connectivity index (χ3v) is 6.82. The molecule has 0 aliphatic carbocycles. The van der Waals surface area contributed by atoms with Crippen LogP contribution in [0.25, 0.3) is 0 Å². The highest BCUT2D eigenvalue weighted by molar-refractivity contribution is 7.92. The van der Waals surface area contributed by atoms with Gasteiger partial charge in [-0.1, -0.05) is 36.9 Å². The number of rotatable bonds is 11. The van der Waals surface area contributed by atoms with Crippen LogP contribution >= 0.6 is 0 Å². The molecule has 0 aliphatic heterocycles. The van der Waals surface area contributed by atoms with E-state index >= 15 is 0 Å². The van der Waals surface area contributed by atoms with Gasteiger partial charge in [-0.25, -0.2) is 13.8 Å². The molecule has 0 fully saturated rings. The van der Waals surface area contributed by atoms with Crippen LogP contribution in [0.4, 0.5) is 18.9 Å². The summed E-state index contributed by atoms with van der Waals surface area (Å²) in [4.78, 5) is 12.5. The smallest absolute Gasteiger partial charge is 0.416 e. The van der Waals surface area contributed by atoms with E-state index in [2.05, 4.69) is 17.1 Å². The fourth-order valence-corrected chi connectivity index (χ4v) is 4.68. The number of alkyl halides is 3. The summed E-state index contributed by atoms with van der Waals surface area (Å²) < 4.78 is 77.8. The quantitative estimate of drug-likeness (QED) is 0.215. The molecule has 200 valence electrons. The Kier molecular flexibility index (Phi) is 9.13. The molecule has 1 N–H and O–H groups in total. The van der Waals surface area contributed by atoms with Gasteiger partial charge in [0.2, 0.25) is 0 Å². The van der Waals surface area contributed by atoms with Crippen molar-refractivity contribution in [3.8, 4) is 11.5 Å². The summed E-state index contributed by atoms with van der Waals surface area (Å²) in [5, 5.41) is 3.83. The van der Waals surface area contributed by atoms with Crippen molar-refractivity contribution in [3.63, 3.8) is 0 Å². The molecule has 0 aromatic heterocycles. The fraction of sp³-hybridized carbons (Fsp3) is 0.154. The summed E-state index contributed by atoms with van der Waals surface area (Å²) in [6, 6.07) is 15.7. The van der Waals surface area contributed by atoms with Gasteiger partial charge in [0.05, 0.1) is 29.5 Å². The van der Waals surface area contributed by atoms with Gasteiger partial charge in [-0.15, -0.1) is 0 Å². The first-order valence-electron chi connectivity index (χ1n) is 11.0. The van der Waals surface area contributed by atoms with E-state index in [0.29, 0.717) is 27.4 Å². The zero-order valence-electron chi connectivity index (χ0n) is 20.2. The number of sulfonamides is 1. The van der Waals surface area contributed by atoms with E-state index in [0.717, 1.165) is 12.1 Å². The standard InChI is InChI=1S/C26H24F3N3O5S/c1-3-14-37-23-13-12-19(15-24(23)36-2)17-30-31-25(33)18-32(38(34,35)22-10-5-4-6-11-22)21-9-7-8-20(16-21)26(27,28)29/h3-13,15-17H,1,14,18H2,2H3,(H,31,33)/b30-17-. The van der Waals surface area contributed by atoms with Gasteiger partial charge in [-0.05, 0) is 54.1 Å². The molecule has 0 unspecified atom stereocenters. The second kappa shape index (κ2) is 12.3. The molecule has 3 rings (SSSR count). The normalized spacial score (nSPS) is 11.7. The van der Waals surface area contributed by atoms with Crippen LogP contribution in [-0.4, -0.2) is 40.8 Å². The Balaban J connectivity index is 1.84. The third kappa shape index (κ3) is 7.13.